The Morgan fingerprint density at radius 2 is 2.12 bits per heavy atom. The van der Waals surface area contributed by atoms with Crippen LogP contribution in [0.15, 0.2) is 36.4 Å². The predicted molar refractivity (Wildman–Crippen MR) is 96.4 cm³/mol. The minimum absolute atomic E-state index is 0.00429. The van der Waals surface area contributed by atoms with Crippen molar-refractivity contribution in [1.82, 2.24) is 10.2 Å². The minimum atomic E-state index is -0.121. The van der Waals surface area contributed by atoms with Crippen LogP contribution in [-0.4, -0.2) is 30.4 Å². The summed E-state index contributed by atoms with van der Waals surface area (Å²) in [6.07, 6.45) is 0.394. The van der Waals surface area contributed by atoms with Crippen molar-refractivity contribution < 1.29 is 9.59 Å². The molecule has 0 spiro atoms. The highest BCUT2D eigenvalue weighted by molar-refractivity contribution is 7.11. The van der Waals surface area contributed by atoms with Gasteiger partial charge in [0.1, 0.15) is 0 Å². The van der Waals surface area contributed by atoms with Crippen molar-refractivity contribution in [3.63, 3.8) is 0 Å². The highest BCUT2D eigenvalue weighted by Gasteiger charge is 2.25. The summed E-state index contributed by atoms with van der Waals surface area (Å²) in [5.74, 6) is 0.00615. The van der Waals surface area contributed by atoms with E-state index in [1.54, 1.807) is 23.3 Å². The Balaban J connectivity index is 1.59. The molecule has 1 unspecified atom stereocenters. The van der Waals surface area contributed by atoms with Gasteiger partial charge in [-0.1, -0.05) is 18.2 Å². The molecule has 0 saturated heterocycles. The molecule has 126 valence electrons. The quantitative estimate of drug-likeness (QED) is 0.894. The normalized spacial score (nSPS) is 16.2. The van der Waals surface area contributed by atoms with E-state index in [0.717, 1.165) is 16.1 Å². The Morgan fingerprint density at radius 3 is 2.88 bits per heavy atom. The van der Waals surface area contributed by atoms with Gasteiger partial charge >= 0.3 is 6.03 Å². The van der Waals surface area contributed by atoms with Crippen LogP contribution in [0.2, 0.25) is 0 Å². The Labute approximate surface area is 145 Å². The van der Waals surface area contributed by atoms with Crippen molar-refractivity contribution in [2.45, 2.75) is 25.8 Å². The van der Waals surface area contributed by atoms with Gasteiger partial charge in [-0.3, -0.25) is 4.79 Å². The van der Waals surface area contributed by atoms with Crippen molar-refractivity contribution >= 4 is 29.0 Å². The second kappa shape index (κ2) is 7.05. The Hall–Kier alpha value is -2.34. The van der Waals surface area contributed by atoms with E-state index in [9.17, 15) is 9.59 Å². The van der Waals surface area contributed by atoms with Crippen LogP contribution in [0.1, 0.15) is 27.7 Å². The standard InChI is InChI=1S/C18H21N3O2S/c1-12-7-8-14(24-12)11-21(2)18(23)19-10-13-9-17(22)20-16-6-4-3-5-15(13)16/h3-8,13H,9-11H2,1-2H3,(H,19,23)(H,20,22). The number of carbonyl (C=O) groups is 2. The molecule has 1 atom stereocenters. The van der Waals surface area contributed by atoms with Gasteiger partial charge in [0.15, 0.2) is 0 Å². The van der Waals surface area contributed by atoms with Gasteiger partial charge in [-0.2, -0.15) is 0 Å². The van der Waals surface area contributed by atoms with Gasteiger partial charge in [0.2, 0.25) is 5.91 Å². The van der Waals surface area contributed by atoms with E-state index < -0.39 is 0 Å². The lowest BCUT2D eigenvalue weighted by atomic mass is 9.90. The maximum Gasteiger partial charge on any atom is 0.317 e. The summed E-state index contributed by atoms with van der Waals surface area (Å²) in [6, 6.07) is 11.7. The molecule has 5 nitrogen and oxygen atoms in total. The first-order chi connectivity index (χ1) is 11.5. The fraction of sp³-hybridized carbons (Fsp3) is 0.333. The molecule has 6 heteroatoms. The van der Waals surface area contributed by atoms with Gasteiger partial charge in [-0.25, -0.2) is 4.79 Å². The number of anilines is 1. The van der Waals surface area contributed by atoms with Crippen LogP contribution >= 0.6 is 11.3 Å². The van der Waals surface area contributed by atoms with E-state index in [1.165, 1.54) is 4.88 Å². The molecule has 1 aromatic carbocycles. The fourth-order valence-electron chi connectivity index (χ4n) is 2.91. The molecule has 2 heterocycles. The van der Waals surface area contributed by atoms with Crippen molar-refractivity contribution in [2.24, 2.45) is 0 Å². The maximum atomic E-state index is 12.3. The number of hydrogen-bond donors (Lipinski definition) is 2. The summed E-state index contributed by atoms with van der Waals surface area (Å²) in [5, 5.41) is 5.83. The highest BCUT2D eigenvalue weighted by Crippen LogP contribution is 2.31. The van der Waals surface area contributed by atoms with Gasteiger partial charge < -0.3 is 15.5 Å². The van der Waals surface area contributed by atoms with E-state index in [0.29, 0.717) is 19.5 Å². The first-order valence-electron chi connectivity index (χ1n) is 7.96. The van der Waals surface area contributed by atoms with Crippen LogP contribution in [0.25, 0.3) is 0 Å². The number of urea groups is 1. The summed E-state index contributed by atoms with van der Waals surface area (Å²) in [5.41, 5.74) is 1.92. The highest BCUT2D eigenvalue weighted by atomic mass is 32.1. The van der Waals surface area contributed by atoms with Crippen LogP contribution in [-0.2, 0) is 11.3 Å². The molecule has 1 aromatic heterocycles. The number of thiophene rings is 1. The number of para-hydroxylation sites is 1. The molecule has 0 aliphatic carbocycles. The minimum Gasteiger partial charge on any atom is -0.337 e. The van der Waals surface area contributed by atoms with Crippen LogP contribution in [0.3, 0.4) is 0 Å². The average Bonchev–Trinajstić information content (AvgIpc) is 2.97. The predicted octanol–water partition coefficient (Wildman–Crippen LogP) is 3.32. The number of fused-ring (bicyclic) bond motifs is 1. The fourth-order valence-corrected chi connectivity index (χ4v) is 3.85. The van der Waals surface area contributed by atoms with Gasteiger partial charge in [-0.05, 0) is 30.7 Å². The summed E-state index contributed by atoms with van der Waals surface area (Å²) in [6.45, 7) is 3.10. The molecule has 24 heavy (non-hydrogen) atoms. The molecule has 1 aliphatic heterocycles. The van der Waals surface area contributed by atoms with Gasteiger partial charge in [-0.15, -0.1) is 11.3 Å². The van der Waals surface area contributed by atoms with Crippen LogP contribution < -0.4 is 10.6 Å². The van der Waals surface area contributed by atoms with Crippen LogP contribution in [0.5, 0.6) is 0 Å². The third kappa shape index (κ3) is 3.76. The van der Waals surface area contributed by atoms with Gasteiger partial charge in [0.25, 0.3) is 0 Å². The summed E-state index contributed by atoms with van der Waals surface area (Å²) < 4.78 is 0. The number of benzene rings is 1. The second-order valence-electron chi connectivity index (χ2n) is 6.09. The number of aryl methyl sites for hydroxylation is 1. The molecule has 0 radical (unpaired) electrons. The Morgan fingerprint density at radius 1 is 1.33 bits per heavy atom. The molecule has 3 amide bonds. The number of rotatable bonds is 4. The van der Waals surface area contributed by atoms with E-state index >= 15 is 0 Å². The number of amides is 3. The topological polar surface area (TPSA) is 61.4 Å². The van der Waals surface area contributed by atoms with Gasteiger partial charge in [0, 0.05) is 41.4 Å². The molecule has 1 aliphatic rings. The average molecular weight is 343 g/mol. The van der Waals surface area contributed by atoms with E-state index in [-0.39, 0.29) is 17.9 Å². The van der Waals surface area contributed by atoms with Crippen molar-refractivity contribution in [3.05, 3.63) is 51.7 Å². The molecule has 0 bridgehead atoms. The summed E-state index contributed by atoms with van der Waals surface area (Å²) in [7, 11) is 1.78. The van der Waals surface area contributed by atoms with Crippen molar-refractivity contribution in [2.75, 3.05) is 18.9 Å². The first-order valence-corrected chi connectivity index (χ1v) is 8.77. The Kier molecular flexibility index (Phi) is 4.85. The zero-order chi connectivity index (χ0) is 17.1. The SMILES string of the molecule is Cc1ccc(CN(C)C(=O)NCC2CC(=O)Nc3ccccc32)s1. The zero-order valence-corrected chi connectivity index (χ0v) is 14.7. The molecule has 2 N–H and O–H groups in total. The van der Waals surface area contributed by atoms with Crippen molar-refractivity contribution in [1.29, 1.82) is 0 Å². The third-order valence-corrected chi connectivity index (χ3v) is 5.13. The molecule has 0 saturated carbocycles. The number of nitrogens with one attached hydrogen (secondary N) is 2. The summed E-state index contributed by atoms with van der Waals surface area (Å²) >= 11 is 1.70. The molecular formula is C18H21N3O2S. The van der Waals surface area contributed by atoms with E-state index in [2.05, 4.69) is 23.6 Å². The molecule has 3 rings (SSSR count). The number of hydrogen-bond acceptors (Lipinski definition) is 3. The largest absolute Gasteiger partial charge is 0.337 e. The number of nitrogens with zero attached hydrogens (tertiary/aromatic N) is 1. The second-order valence-corrected chi connectivity index (χ2v) is 7.46. The lowest BCUT2D eigenvalue weighted by Gasteiger charge is -2.26. The van der Waals surface area contributed by atoms with Crippen LogP contribution in [0.4, 0.5) is 10.5 Å². The lowest BCUT2D eigenvalue weighted by Crippen LogP contribution is -2.40. The molecular weight excluding hydrogens is 322 g/mol. The monoisotopic (exact) mass is 343 g/mol. The molecule has 2 aromatic rings. The summed E-state index contributed by atoms with van der Waals surface area (Å²) in [4.78, 5) is 28.2. The first kappa shape index (κ1) is 16.5. The smallest absolute Gasteiger partial charge is 0.317 e. The number of carbonyl (C=O) groups excluding carboxylic acids is 2. The van der Waals surface area contributed by atoms with E-state index in [1.807, 2.05) is 30.3 Å². The lowest BCUT2D eigenvalue weighted by molar-refractivity contribution is -0.116. The molecule has 0 fully saturated rings. The van der Waals surface area contributed by atoms with E-state index in [4.69, 9.17) is 0 Å². The zero-order valence-electron chi connectivity index (χ0n) is 13.8. The Bertz CT molecular complexity index is 756. The third-order valence-electron chi connectivity index (χ3n) is 4.14. The maximum absolute atomic E-state index is 12.3. The van der Waals surface area contributed by atoms with Gasteiger partial charge in [0.05, 0.1) is 6.54 Å². The van der Waals surface area contributed by atoms with Crippen molar-refractivity contribution in [3.8, 4) is 0 Å². The van der Waals surface area contributed by atoms with Crippen LogP contribution in [0, 0.1) is 6.92 Å².